The van der Waals surface area contributed by atoms with Crippen LogP contribution in [0.1, 0.15) is 19.4 Å². The first-order valence-electron chi connectivity index (χ1n) is 6.13. The van der Waals surface area contributed by atoms with E-state index in [4.69, 9.17) is 4.74 Å². The molecule has 3 heteroatoms. The SMILES string of the molecule is C=C[C@](C)(O)[C@H](O)[C@@H](C)COCc1ccccc1. The van der Waals surface area contributed by atoms with Gasteiger partial charge in [0.05, 0.1) is 19.3 Å². The summed E-state index contributed by atoms with van der Waals surface area (Å²) in [5.74, 6) is -0.165. The Kier molecular flexibility index (Phi) is 5.54. The Morgan fingerprint density at radius 1 is 1.39 bits per heavy atom. The summed E-state index contributed by atoms with van der Waals surface area (Å²) in [6, 6.07) is 9.85. The predicted octanol–water partition coefficient (Wildman–Crippen LogP) is 2.14. The van der Waals surface area contributed by atoms with Crippen molar-refractivity contribution < 1.29 is 14.9 Å². The van der Waals surface area contributed by atoms with Crippen LogP contribution >= 0.6 is 0 Å². The zero-order valence-electron chi connectivity index (χ0n) is 11.0. The molecule has 1 aromatic carbocycles. The van der Waals surface area contributed by atoms with Crippen molar-refractivity contribution in [3.8, 4) is 0 Å². The minimum atomic E-state index is -1.28. The van der Waals surface area contributed by atoms with E-state index < -0.39 is 11.7 Å². The van der Waals surface area contributed by atoms with Crippen LogP contribution in [-0.4, -0.2) is 28.5 Å². The minimum Gasteiger partial charge on any atom is -0.389 e. The highest BCUT2D eigenvalue weighted by atomic mass is 16.5. The highest BCUT2D eigenvalue weighted by Gasteiger charge is 2.31. The maximum atomic E-state index is 9.94. The summed E-state index contributed by atoms with van der Waals surface area (Å²) in [4.78, 5) is 0. The van der Waals surface area contributed by atoms with Crippen LogP contribution in [-0.2, 0) is 11.3 Å². The molecule has 0 aromatic heterocycles. The van der Waals surface area contributed by atoms with E-state index in [0.29, 0.717) is 13.2 Å². The highest BCUT2D eigenvalue weighted by molar-refractivity contribution is 5.13. The molecule has 18 heavy (non-hydrogen) atoms. The fourth-order valence-electron chi connectivity index (χ4n) is 1.72. The molecule has 0 amide bonds. The predicted molar refractivity (Wildman–Crippen MR) is 72.1 cm³/mol. The number of aliphatic hydroxyl groups is 2. The second kappa shape index (κ2) is 6.69. The minimum absolute atomic E-state index is 0.165. The number of hydrogen-bond acceptors (Lipinski definition) is 3. The molecule has 0 radical (unpaired) electrons. The lowest BCUT2D eigenvalue weighted by Gasteiger charge is -2.30. The maximum Gasteiger partial charge on any atom is 0.106 e. The van der Waals surface area contributed by atoms with Crippen molar-refractivity contribution in [3.05, 3.63) is 48.6 Å². The summed E-state index contributed by atoms with van der Waals surface area (Å²) in [6.07, 6.45) is 0.469. The Bertz CT molecular complexity index is 359. The summed E-state index contributed by atoms with van der Waals surface area (Å²) >= 11 is 0. The summed E-state index contributed by atoms with van der Waals surface area (Å²) in [5.41, 5.74) is -0.190. The molecule has 3 nitrogen and oxygen atoms in total. The van der Waals surface area contributed by atoms with E-state index in [-0.39, 0.29) is 5.92 Å². The fraction of sp³-hybridized carbons (Fsp3) is 0.467. The molecule has 3 atom stereocenters. The van der Waals surface area contributed by atoms with Gasteiger partial charge in [0.15, 0.2) is 0 Å². The molecule has 0 fully saturated rings. The topological polar surface area (TPSA) is 49.7 Å². The largest absolute Gasteiger partial charge is 0.389 e. The second-order valence-electron chi connectivity index (χ2n) is 4.85. The van der Waals surface area contributed by atoms with Crippen LogP contribution in [0, 0.1) is 5.92 Å². The number of ether oxygens (including phenoxy) is 1. The fourth-order valence-corrected chi connectivity index (χ4v) is 1.72. The number of aliphatic hydroxyl groups excluding tert-OH is 1. The van der Waals surface area contributed by atoms with Crippen LogP contribution in [0.2, 0.25) is 0 Å². The van der Waals surface area contributed by atoms with Crippen LogP contribution in [0.25, 0.3) is 0 Å². The number of benzene rings is 1. The maximum absolute atomic E-state index is 9.94. The number of rotatable bonds is 7. The summed E-state index contributed by atoms with van der Waals surface area (Å²) in [6.45, 7) is 7.79. The van der Waals surface area contributed by atoms with Gasteiger partial charge in [0.2, 0.25) is 0 Å². The van der Waals surface area contributed by atoms with E-state index in [9.17, 15) is 10.2 Å². The Morgan fingerprint density at radius 3 is 2.56 bits per heavy atom. The molecule has 0 heterocycles. The lowest BCUT2D eigenvalue weighted by atomic mass is 9.90. The first kappa shape index (κ1) is 14.9. The molecule has 0 unspecified atom stereocenters. The van der Waals surface area contributed by atoms with E-state index in [1.165, 1.54) is 6.08 Å². The third-order valence-corrected chi connectivity index (χ3v) is 3.04. The normalized spacial score (nSPS) is 17.8. The van der Waals surface area contributed by atoms with Gasteiger partial charge < -0.3 is 14.9 Å². The Balaban J connectivity index is 2.37. The third kappa shape index (κ3) is 4.26. The average molecular weight is 250 g/mol. The van der Waals surface area contributed by atoms with E-state index in [1.807, 2.05) is 37.3 Å². The Morgan fingerprint density at radius 2 is 2.00 bits per heavy atom. The first-order valence-corrected chi connectivity index (χ1v) is 6.13. The Hall–Kier alpha value is -1.16. The second-order valence-corrected chi connectivity index (χ2v) is 4.85. The third-order valence-electron chi connectivity index (χ3n) is 3.04. The standard InChI is InChI=1S/C15H22O3/c1-4-15(3,17)14(16)12(2)10-18-11-13-8-6-5-7-9-13/h4-9,12,14,16-17H,1,10-11H2,2-3H3/t12-,14+,15-/m0/s1. The van der Waals surface area contributed by atoms with Gasteiger partial charge in [-0.1, -0.05) is 43.3 Å². The summed E-state index contributed by atoms with van der Waals surface area (Å²) in [7, 11) is 0. The van der Waals surface area contributed by atoms with Gasteiger partial charge in [-0.25, -0.2) is 0 Å². The number of hydrogen-bond donors (Lipinski definition) is 2. The molecule has 0 aliphatic carbocycles. The molecule has 0 saturated carbocycles. The molecule has 0 aliphatic heterocycles. The van der Waals surface area contributed by atoms with E-state index in [2.05, 4.69) is 6.58 Å². The van der Waals surface area contributed by atoms with Crippen molar-refractivity contribution in [1.29, 1.82) is 0 Å². The molecule has 1 aromatic rings. The molecule has 0 spiro atoms. The summed E-state index contributed by atoms with van der Waals surface area (Å²) in [5, 5.41) is 19.8. The molecule has 2 N–H and O–H groups in total. The molecule has 100 valence electrons. The Labute approximate surface area is 109 Å². The van der Waals surface area contributed by atoms with Gasteiger partial charge in [-0.15, -0.1) is 6.58 Å². The van der Waals surface area contributed by atoms with Gasteiger partial charge in [0.25, 0.3) is 0 Å². The van der Waals surface area contributed by atoms with Gasteiger partial charge in [0, 0.05) is 5.92 Å². The molecule has 0 bridgehead atoms. The van der Waals surface area contributed by atoms with Gasteiger partial charge >= 0.3 is 0 Å². The lowest BCUT2D eigenvalue weighted by Crippen LogP contribution is -2.42. The van der Waals surface area contributed by atoms with Gasteiger partial charge in [-0.3, -0.25) is 0 Å². The zero-order valence-corrected chi connectivity index (χ0v) is 11.0. The smallest absolute Gasteiger partial charge is 0.106 e. The van der Waals surface area contributed by atoms with E-state index in [0.717, 1.165) is 5.56 Å². The van der Waals surface area contributed by atoms with Crippen molar-refractivity contribution in [1.82, 2.24) is 0 Å². The molecule has 0 aliphatic rings. The molecular weight excluding hydrogens is 228 g/mol. The van der Waals surface area contributed by atoms with Gasteiger partial charge in [0.1, 0.15) is 5.60 Å². The van der Waals surface area contributed by atoms with Crippen molar-refractivity contribution in [3.63, 3.8) is 0 Å². The van der Waals surface area contributed by atoms with Crippen molar-refractivity contribution in [2.45, 2.75) is 32.2 Å². The van der Waals surface area contributed by atoms with Crippen LogP contribution in [0.4, 0.5) is 0 Å². The van der Waals surface area contributed by atoms with Crippen LogP contribution in [0.15, 0.2) is 43.0 Å². The lowest BCUT2D eigenvalue weighted by molar-refractivity contribution is -0.0733. The zero-order chi connectivity index (χ0) is 13.6. The van der Waals surface area contributed by atoms with Crippen LogP contribution in [0.5, 0.6) is 0 Å². The van der Waals surface area contributed by atoms with Crippen LogP contribution in [0.3, 0.4) is 0 Å². The quantitative estimate of drug-likeness (QED) is 0.729. The van der Waals surface area contributed by atoms with E-state index >= 15 is 0 Å². The molecule has 1 rings (SSSR count). The van der Waals surface area contributed by atoms with Crippen molar-refractivity contribution >= 4 is 0 Å². The van der Waals surface area contributed by atoms with E-state index in [1.54, 1.807) is 6.92 Å². The molecular formula is C15H22O3. The highest BCUT2D eigenvalue weighted by Crippen LogP contribution is 2.19. The average Bonchev–Trinajstić information content (AvgIpc) is 2.39. The van der Waals surface area contributed by atoms with Crippen molar-refractivity contribution in [2.75, 3.05) is 6.61 Å². The van der Waals surface area contributed by atoms with Crippen LogP contribution < -0.4 is 0 Å². The first-order chi connectivity index (χ1) is 8.47. The van der Waals surface area contributed by atoms with Gasteiger partial charge in [-0.05, 0) is 12.5 Å². The summed E-state index contributed by atoms with van der Waals surface area (Å²) < 4.78 is 5.54. The van der Waals surface area contributed by atoms with Gasteiger partial charge in [-0.2, -0.15) is 0 Å². The molecule has 0 saturated heterocycles. The monoisotopic (exact) mass is 250 g/mol. The van der Waals surface area contributed by atoms with Crippen molar-refractivity contribution in [2.24, 2.45) is 5.92 Å².